The number of nitrogens with zero attached hydrogens (tertiary/aromatic N) is 2. The monoisotopic (exact) mass is 338 g/mol. The molecular formula is C21H20F2N2. The van der Waals surface area contributed by atoms with Crippen molar-refractivity contribution < 1.29 is 8.78 Å². The van der Waals surface area contributed by atoms with Crippen LogP contribution in [-0.4, -0.2) is 9.97 Å². The first-order valence-electron chi connectivity index (χ1n) is 8.57. The van der Waals surface area contributed by atoms with E-state index in [0.717, 1.165) is 30.5 Å². The number of benzene rings is 1. The van der Waals surface area contributed by atoms with E-state index in [1.807, 2.05) is 0 Å². The molecule has 128 valence electrons. The maximum absolute atomic E-state index is 13.3. The molecule has 1 aromatic carbocycles. The lowest BCUT2D eigenvalue weighted by Gasteiger charge is -2.22. The molecule has 0 spiro atoms. The lowest BCUT2D eigenvalue weighted by molar-refractivity contribution is 0.364. The molecule has 0 radical (unpaired) electrons. The summed E-state index contributed by atoms with van der Waals surface area (Å²) in [5, 5.41) is 0. The second kappa shape index (κ2) is 8.02. The summed E-state index contributed by atoms with van der Waals surface area (Å²) in [7, 11) is 0. The van der Waals surface area contributed by atoms with Crippen molar-refractivity contribution in [3.05, 3.63) is 59.9 Å². The van der Waals surface area contributed by atoms with Crippen LogP contribution in [0.4, 0.5) is 8.78 Å². The Morgan fingerprint density at radius 2 is 1.76 bits per heavy atom. The summed E-state index contributed by atoms with van der Waals surface area (Å²) in [5.41, 5.74) is 1.18. The van der Waals surface area contributed by atoms with Gasteiger partial charge in [-0.2, -0.15) is 0 Å². The Morgan fingerprint density at radius 1 is 1.04 bits per heavy atom. The Balaban J connectivity index is 1.65. The normalized spacial score (nSPS) is 20.3. The van der Waals surface area contributed by atoms with Crippen molar-refractivity contribution in [3.8, 4) is 23.2 Å². The quantitative estimate of drug-likeness (QED) is 0.558. The fraction of sp³-hybridized carbons (Fsp3) is 0.333. The number of rotatable bonds is 2. The van der Waals surface area contributed by atoms with E-state index in [0.29, 0.717) is 23.2 Å². The lowest BCUT2D eigenvalue weighted by Crippen LogP contribution is -2.11. The summed E-state index contributed by atoms with van der Waals surface area (Å²) >= 11 is 0. The standard InChI is InChI=1S/C21H20F2N2/c1-2-3-15-4-6-16(7-5-15)8-9-17-13-24-21(25-14-17)18-10-11-19(22)20(23)12-18/h2-3,10-16H,4-7H2,1H3. The van der Waals surface area contributed by atoms with E-state index in [2.05, 4.69) is 40.9 Å². The average molecular weight is 338 g/mol. The van der Waals surface area contributed by atoms with Gasteiger partial charge in [0.25, 0.3) is 0 Å². The fourth-order valence-electron chi connectivity index (χ4n) is 3.09. The number of hydrogen-bond donors (Lipinski definition) is 0. The van der Waals surface area contributed by atoms with E-state index in [9.17, 15) is 8.78 Å². The first-order chi connectivity index (χ1) is 12.2. The molecule has 1 aromatic heterocycles. The van der Waals surface area contributed by atoms with Gasteiger partial charge in [-0.15, -0.1) is 0 Å². The van der Waals surface area contributed by atoms with E-state index < -0.39 is 11.6 Å². The molecule has 0 amide bonds. The SMILES string of the molecule is CC=CC1CCC(C#Cc2cnc(-c3ccc(F)c(F)c3)nc2)CC1. The minimum atomic E-state index is -0.904. The van der Waals surface area contributed by atoms with Crippen LogP contribution in [0.1, 0.15) is 38.2 Å². The molecule has 1 fully saturated rings. The zero-order valence-electron chi connectivity index (χ0n) is 14.2. The van der Waals surface area contributed by atoms with Gasteiger partial charge in [-0.05, 0) is 56.7 Å². The van der Waals surface area contributed by atoms with Crippen LogP contribution in [0.5, 0.6) is 0 Å². The predicted octanol–water partition coefficient (Wildman–Crippen LogP) is 5.16. The molecule has 3 rings (SSSR count). The molecule has 2 aromatic rings. The summed E-state index contributed by atoms with van der Waals surface area (Å²) in [6, 6.07) is 3.63. The predicted molar refractivity (Wildman–Crippen MR) is 94.5 cm³/mol. The molecule has 1 aliphatic rings. The number of aromatic nitrogens is 2. The smallest absolute Gasteiger partial charge is 0.159 e. The lowest BCUT2D eigenvalue weighted by atomic mass is 9.82. The van der Waals surface area contributed by atoms with Gasteiger partial charge in [-0.1, -0.05) is 24.0 Å². The molecular weight excluding hydrogens is 318 g/mol. The van der Waals surface area contributed by atoms with E-state index >= 15 is 0 Å². The van der Waals surface area contributed by atoms with E-state index in [-0.39, 0.29) is 0 Å². The van der Waals surface area contributed by atoms with Crippen LogP contribution in [0.2, 0.25) is 0 Å². The van der Waals surface area contributed by atoms with Crippen LogP contribution in [0, 0.1) is 35.3 Å². The van der Waals surface area contributed by atoms with Gasteiger partial charge >= 0.3 is 0 Å². The Bertz CT molecular complexity index is 808. The zero-order valence-corrected chi connectivity index (χ0v) is 14.2. The molecule has 0 aliphatic heterocycles. The molecule has 2 nitrogen and oxygen atoms in total. The van der Waals surface area contributed by atoms with Gasteiger partial charge in [-0.3, -0.25) is 0 Å². The maximum atomic E-state index is 13.3. The molecule has 1 saturated carbocycles. The van der Waals surface area contributed by atoms with Crippen molar-refractivity contribution in [2.75, 3.05) is 0 Å². The first-order valence-corrected chi connectivity index (χ1v) is 8.57. The number of allylic oxidation sites excluding steroid dienone is 2. The van der Waals surface area contributed by atoms with E-state index in [4.69, 9.17) is 0 Å². The minimum Gasteiger partial charge on any atom is -0.235 e. The molecule has 1 aliphatic carbocycles. The average Bonchev–Trinajstić information content (AvgIpc) is 2.64. The minimum absolute atomic E-state index is 0.358. The highest BCUT2D eigenvalue weighted by Gasteiger charge is 2.17. The summed E-state index contributed by atoms with van der Waals surface area (Å²) < 4.78 is 26.3. The highest BCUT2D eigenvalue weighted by Crippen LogP contribution is 2.29. The molecule has 1 heterocycles. The fourth-order valence-corrected chi connectivity index (χ4v) is 3.09. The summed E-state index contributed by atoms with van der Waals surface area (Å²) in [6.07, 6.45) is 12.3. The second-order valence-corrected chi connectivity index (χ2v) is 6.33. The molecule has 0 bridgehead atoms. The third-order valence-electron chi connectivity index (χ3n) is 4.49. The Morgan fingerprint density at radius 3 is 2.40 bits per heavy atom. The largest absolute Gasteiger partial charge is 0.235 e. The number of halogens is 2. The van der Waals surface area contributed by atoms with Crippen molar-refractivity contribution in [1.29, 1.82) is 0 Å². The van der Waals surface area contributed by atoms with Crippen LogP contribution in [0.25, 0.3) is 11.4 Å². The molecule has 4 heteroatoms. The molecule has 0 N–H and O–H groups in total. The van der Waals surface area contributed by atoms with Gasteiger partial charge in [0.2, 0.25) is 0 Å². The number of hydrogen-bond acceptors (Lipinski definition) is 2. The second-order valence-electron chi connectivity index (χ2n) is 6.33. The van der Waals surface area contributed by atoms with Crippen LogP contribution >= 0.6 is 0 Å². The van der Waals surface area contributed by atoms with E-state index in [1.165, 1.54) is 18.9 Å². The third kappa shape index (κ3) is 4.51. The van der Waals surface area contributed by atoms with Crippen molar-refractivity contribution >= 4 is 0 Å². The highest BCUT2D eigenvalue weighted by atomic mass is 19.2. The molecule has 25 heavy (non-hydrogen) atoms. The van der Waals surface area contributed by atoms with Gasteiger partial charge in [0, 0.05) is 23.9 Å². The van der Waals surface area contributed by atoms with Crippen LogP contribution in [0.3, 0.4) is 0 Å². The molecule has 0 atom stereocenters. The van der Waals surface area contributed by atoms with Crippen molar-refractivity contribution in [2.24, 2.45) is 11.8 Å². The highest BCUT2D eigenvalue weighted by molar-refractivity contribution is 5.55. The van der Waals surface area contributed by atoms with Crippen molar-refractivity contribution in [1.82, 2.24) is 9.97 Å². The first kappa shape index (κ1) is 17.3. The van der Waals surface area contributed by atoms with Gasteiger partial charge < -0.3 is 0 Å². The topological polar surface area (TPSA) is 25.8 Å². The third-order valence-corrected chi connectivity index (χ3v) is 4.49. The molecule has 0 saturated heterocycles. The van der Waals surface area contributed by atoms with Crippen LogP contribution < -0.4 is 0 Å². The Labute approximate surface area is 147 Å². The van der Waals surface area contributed by atoms with Gasteiger partial charge in [0.1, 0.15) is 0 Å². The maximum Gasteiger partial charge on any atom is 0.159 e. The zero-order chi connectivity index (χ0) is 17.6. The van der Waals surface area contributed by atoms with Crippen molar-refractivity contribution in [3.63, 3.8) is 0 Å². The van der Waals surface area contributed by atoms with Crippen LogP contribution in [-0.2, 0) is 0 Å². The molecule has 0 unspecified atom stereocenters. The summed E-state index contributed by atoms with van der Waals surface area (Å²) in [6.45, 7) is 2.07. The Hall–Kier alpha value is -2.54. The van der Waals surface area contributed by atoms with Gasteiger partial charge in [0.15, 0.2) is 17.5 Å². The van der Waals surface area contributed by atoms with Crippen LogP contribution in [0.15, 0.2) is 42.7 Å². The van der Waals surface area contributed by atoms with Gasteiger partial charge in [-0.25, -0.2) is 18.7 Å². The van der Waals surface area contributed by atoms with Crippen molar-refractivity contribution in [2.45, 2.75) is 32.6 Å². The van der Waals surface area contributed by atoms with E-state index in [1.54, 1.807) is 12.4 Å². The summed E-state index contributed by atoms with van der Waals surface area (Å²) in [4.78, 5) is 8.42. The Kier molecular flexibility index (Phi) is 5.55. The van der Waals surface area contributed by atoms with Gasteiger partial charge in [0.05, 0.1) is 5.56 Å². The summed E-state index contributed by atoms with van der Waals surface area (Å²) in [5.74, 6) is 6.14.